The van der Waals surface area contributed by atoms with Crippen molar-refractivity contribution in [1.29, 1.82) is 0 Å². The predicted molar refractivity (Wildman–Crippen MR) is 87.4 cm³/mol. The van der Waals surface area contributed by atoms with E-state index in [1.807, 2.05) is 6.07 Å². The van der Waals surface area contributed by atoms with E-state index in [4.69, 9.17) is 0 Å². The summed E-state index contributed by atoms with van der Waals surface area (Å²) in [5, 5.41) is 5.32. The quantitative estimate of drug-likeness (QED) is 0.849. The fourth-order valence-corrected chi connectivity index (χ4v) is 3.95. The molecule has 2 fully saturated rings. The number of amides is 2. The van der Waals surface area contributed by atoms with Gasteiger partial charge in [-0.2, -0.15) is 0 Å². The molecule has 22 heavy (non-hydrogen) atoms. The standard InChI is InChI=1S/C17H22N2O2S/c1-2-15(20)19-9-7-13(8-10-19)17(21)18-16(12-5-6-12)14-4-3-11-22-14/h2-4,11-13,16H,1,5-10H2,(H,18,21). The molecule has 5 heteroatoms. The molecular weight excluding hydrogens is 296 g/mol. The van der Waals surface area contributed by atoms with Gasteiger partial charge in [0.05, 0.1) is 6.04 Å². The fraction of sp³-hybridized carbons (Fsp3) is 0.529. The van der Waals surface area contributed by atoms with Crippen LogP contribution in [0.4, 0.5) is 0 Å². The summed E-state index contributed by atoms with van der Waals surface area (Å²) in [6, 6.07) is 4.33. The van der Waals surface area contributed by atoms with E-state index in [9.17, 15) is 9.59 Å². The molecule has 3 rings (SSSR count). The molecule has 2 amide bonds. The van der Waals surface area contributed by atoms with Crippen LogP contribution in [0.3, 0.4) is 0 Å². The highest BCUT2D eigenvalue weighted by molar-refractivity contribution is 7.10. The lowest BCUT2D eigenvalue weighted by Crippen LogP contribution is -2.43. The van der Waals surface area contributed by atoms with Crippen molar-refractivity contribution in [2.24, 2.45) is 11.8 Å². The zero-order valence-electron chi connectivity index (χ0n) is 12.7. The Balaban J connectivity index is 1.56. The minimum atomic E-state index is -0.0340. The Labute approximate surface area is 135 Å². The lowest BCUT2D eigenvalue weighted by Gasteiger charge is -2.31. The molecule has 2 heterocycles. The maximum atomic E-state index is 12.6. The third-order valence-electron chi connectivity index (χ3n) is 4.59. The van der Waals surface area contributed by atoms with Crippen LogP contribution in [0.25, 0.3) is 0 Å². The summed E-state index contributed by atoms with van der Waals surface area (Å²) in [5.41, 5.74) is 0. The number of nitrogens with zero attached hydrogens (tertiary/aromatic N) is 1. The van der Waals surface area contributed by atoms with E-state index in [1.165, 1.54) is 23.8 Å². The maximum absolute atomic E-state index is 12.6. The second kappa shape index (κ2) is 6.65. The van der Waals surface area contributed by atoms with Crippen LogP contribution in [-0.4, -0.2) is 29.8 Å². The molecule has 0 radical (unpaired) electrons. The molecule has 0 bridgehead atoms. The van der Waals surface area contributed by atoms with Gasteiger partial charge in [-0.1, -0.05) is 12.6 Å². The van der Waals surface area contributed by atoms with E-state index in [2.05, 4.69) is 23.3 Å². The molecule has 1 aromatic heterocycles. The molecule has 1 saturated heterocycles. The third-order valence-corrected chi connectivity index (χ3v) is 5.55. The molecule has 1 atom stereocenters. The van der Waals surface area contributed by atoms with E-state index < -0.39 is 0 Å². The van der Waals surface area contributed by atoms with Crippen LogP contribution in [0.15, 0.2) is 30.2 Å². The number of likely N-dealkylation sites (tertiary alicyclic amines) is 1. The van der Waals surface area contributed by atoms with Crippen LogP contribution < -0.4 is 5.32 Å². The van der Waals surface area contributed by atoms with Crippen molar-refractivity contribution in [3.05, 3.63) is 35.0 Å². The predicted octanol–water partition coefficient (Wildman–Crippen LogP) is 2.74. The lowest BCUT2D eigenvalue weighted by atomic mass is 9.95. The Morgan fingerprint density at radius 3 is 2.59 bits per heavy atom. The zero-order valence-corrected chi connectivity index (χ0v) is 13.5. The number of carbonyl (C=O) groups is 2. The van der Waals surface area contributed by atoms with Gasteiger partial charge in [-0.15, -0.1) is 11.3 Å². The van der Waals surface area contributed by atoms with E-state index in [0.29, 0.717) is 19.0 Å². The van der Waals surface area contributed by atoms with E-state index in [-0.39, 0.29) is 23.8 Å². The molecule has 0 aromatic carbocycles. The molecule has 1 unspecified atom stereocenters. The van der Waals surface area contributed by atoms with Gasteiger partial charge in [0.25, 0.3) is 0 Å². The molecule has 1 aromatic rings. The molecular formula is C17H22N2O2S. The Morgan fingerprint density at radius 1 is 1.32 bits per heavy atom. The minimum Gasteiger partial charge on any atom is -0.348 e. The number of nitrogens with one attached hydrogen (secondary N) is 1. The summed E-state index contributed by atoms with van der Waals surface area (Å²) in [7, 11) is 0. The van der Waals surface area contributed by atoms with Crippen molar-refractivity contribution < 1.29 is 9.59 Å². The summed E-state index contributed by atoms with van der Waals surface area (Å²) >= 11 is 1.72. The van der Waals surface area contributed by atoms with Crippen molar-refractivity contribution in [3.63, 3.8) is 0 Å². The normalized spacial score (nSPS) is 20.5. The van der Waals surface area contributed by atoms with Gasteiger partial charge in [-0.25, -0.2) is 0 Å². The van der Waals surface area contributed by atoms with Crippen LogP contribution in [0.2, 0.25) is 0 Å². The summed E-state index contributed by atoms with van der Waals surface area (Å²) in [6.45, 7) is 4.81. The van der Waals surface area contributed by atoms with Gasteiger partial charge in [-0.3, -0.25) is 9.59 Å². The maximum Gasteiger partial charge on any atom is 0.245 e. The number of piperidine rings is 1. The second-order valence-electron chi connectivity index (χ2n) is 6.14. The van der Waals surface area contributed by atoms with Crippen LogP contribution in [0, 0.1) is 11.8 Å². The van der Waals surface area contributed by atoms with Crippen molar-refractivity contribution in [2.45, 2.75) is 31.7 Å². The summed E-state index contributed by atoms with van der Waals surface area (Å²) < 4.78 is 0. The largest absolute Gasteiger partial charge is 0.348 e. The monoisotopic (exact) mass is 318 g/mol. The zero-order chi connectivity index (χ0) is 15.5. The number of rotatable bonds is 5. The van der Waals surface area contributed by atoms with Gasteiger partial charge in [0.15, 0.2) is 0 Å². The van der Waals surface area contributed by atoms with E-state index in [1.54, 1.807) is 16.2 Å². The van der Waals surface area contributed by atoms with Crippen molar-refractivity contribution >= 4 is 23.2 Å². The lowest BCUT2D eigenvalue weighted by molar-refractivity contribution is -0.132. The average Bonchev–Trinajstić information content (AvgIpc) is 3.25. The molecule has 0 spiro atoms. The first-order valence-corrected chi connectivity index (χ1v) is 8.82. The summed E-state index contributed by atoms with van der Waals surface area (Å²) in [6.07, 6.45) is 5.24. The molecule has 118 valence electrons. The minimum absolute atomic E-state index is 0.0232. The van der Waals surface area contributed by atoms with Crippen LogP contribution >= 0.6 is 11.3 Å². The van der Waals surface area contributed by atoms with Gasteiger partial charge in [0.2, 0.25) is 11.8 Å². The molecule has 1 aliphatic carbocycles. The van der Waals surface area contributed by atoms with Gasteiger partial charge < -0.3 is 10.2 Å². The highest BCUT2D eigenvalue weighted by Crippen LogP contribution is 2.42. The van der Waals surface area contributed by atoms with Gasteiger partial charge >= 0.3 is 0 Å². The molecule has 4 nitrogen and oxygen atoms in total. The number of hydrogen-bond acceptors (Lipinski definition) is 3. The van der Waals surface area contributed by atoms with E-state index in [0.717, 1.165) is 12.8 Å². The van der Waals surface area contributed by atoms with Gasteiger partial charge in [-0.05, 0) is 49.1 Å². The fourth-order valence-electron chi connectivity index (χ4n) is 3.08. The van der Waals surface area contributed by atoms with E-state index >= 15 is 0 Å². The summed E-state index contributed by atoms with van der Waals surface area (Å²) in [4.78, 5) is 27.2. The van der Waals surface area contributed by atoms with Crippen molar-refractivity contribution in [3.8, 4) is 0 Å². The Morgan fingerprint density at radius 2 is 2.05 bits per heavy atom. The Bertz CT molecular complexity index is 543. The number of thiophene rings is 1. The van der Waals surface area contributed by atoms with Crippen molar-refractivity contribution in [2.75, 3.05) is 13.1 Å². The number of hydrogen-bond donors (Lipinski definition) is 1. The first-order chi connectivity index (χ1) is 10.7. The summed E-state index contributed by atoms with van der Waals surface area (Å²) in [5.74, 6) is 0.740. The molecule has 1 saturated carbocycles. The highest BCUT2D eigenvalue weighted by Gasteiger charge is 2.36. The average molecular weight is 318 g/mol. The molecule has 1 aliphatic heterocycles. The Kier molecular flexibility index (Phi) is 4.62. The second-order valence-corrected chi connectivity index (χ2v) is 7.12. The first kappa shape index (κ1) is 15.3. The smallest absolute Gasteiger partial charge is 0.245 e. The molecule has 2 aliphatic rings. The highest BCUT2D eigenvalue weighted by atomic mass is 32.1. The van der Waals surface area contributed by atoms with Crippen molar-refractivity contribution in [1.82, 2.24) is 10.2 Å². The third kappa shape index (κ3) is 3.40. The van der Waals surface area contributed by atoms with Gasteiger partial charge in [0.1, 0.15) is 0 Å². The topological polar surface area (TPSA) is 49.4 Å². The number of carbonyl (C=O) groups excluding carboxylic acids is 2. The van der Waals surface area contributed by atoms with Crippen LogP contribution in [0.1, 0.15) is 36.6 Å². The Hall–Kier alpha value is -1.62. The van der Waals surface area contributed by atoms with Crippen LogP contribution in [-0.2, 0) is 9.59 Å². The SMILES string of the molecule is C=CC(=O)N1CCC(C(=O)NC(c2cccs2)C2CC2)CC1. The van der Waals surface area contributed by atoms with Gasteiger partial charge in [0, 0.05) is 23.9 Å². The first-order valence-electron chi connectivity index (χ1n) is 7.94. The molecule has 1 N–H and O–H groups in total. The van der Waals surface area contributed by atoms with Crippen LogP contribution in [0.5, 0.6) is 0 Å².